The first-order chi connectivity index (χ1) is 6.20. The minimum atomic E-state index is -0.156. The van der Waals surface area contributed by atoms with Crippen molar-refractivity contribution in [1.29, 1.82) is 0 Å². The maximum atomic E-state index is 5.87. The van der Waals surface area contributed by atoms with E-state index in [1.807, 2.05) is 25.1 Å². The van der Waals surface area contributed by atoms with Gasteiger partial charge in [0.1, 0.15) is 5.75 Å². The van der Waals surface area contributed by atoms with Crippen molar-refractivity contribution in [2.24, 2.45) is 5.73 Å². The molecule has 2 nitrogen and oxygen atoms in total. The summed E-state index contributed by atoms with van der Waals surface area (Å²) in [5, 5.41) is 0. The molecule has 70 valence electrons. The van der Waals surface area contributed by atoms with Crippen molar-refractivity contribution in [2.75, 3.05) is 7.11 Å². The Bertz CT molecular complexity index is 307. The molecular weight excluding hydrogens is 162 g/mol. The lowest BCUT2D eigenvalue weighted by atomic mass is 10.0. The molecule has 0 saturated heterocycles. The van der Waals surface area contributed by atoms with Gasteiger partial charge in [-0.2, -0.15) is 0 Å². The quantitative estimate of drug-likeness (QED) is 0.718. The molecular formula is C11H15NO. The monoisotopic (exact) mass is 177 g/mol. The van der Waals surface area contributed by atoms with Gasteiger partial charge in [0, 0.05) is 5.56 Å². The van der Waals surface area contributed by atoms with E-state index in [0.29, 0.717) is 0 Å². The summed E-state index contributed by atoms with van der Waals surface area (Å²) in [6.07, 6.45) is 1.71. The molecule has 0 aliphatic carbocycles. The van der Waals surface area contributed by atoms with E-state index in [4.69, 9.17) is 10.5 Å². The van der Waals surface area contributed by atoms with Gasteiger partial charge in [0.2, 0.25) is 0 Å². The Hall–Kier alpha value is -1.28. The summed E-state index contributed by atoms with van der Waals surface area (Å²) in [5.41, 5.74) is 8.02. The normalized spacial score (nSPS) is 12.2. The van der Waals surface area contributed by atoms with Crippen LogP contribution in [0.3, 0.4) is 0 Å². The second-order valence-corrected chi connectivity index (χ2v) is 2.95. The van der Waals surface area contributed by atoms with Gasteiger partial charge >= 0.3 is 0 Å². The summed E-state index contributed by atoms with van der Waals surface area (Å²) in [7, 11) is 1.65. The van der Waals surface area contributed by atoms with Crippen molar-refractivity contribution < 1.29 is 4.74 Å². The van der Waals surface area contributed by atoms with Crippen LogP contribution in [0.5, 0.6) is 5.75 Å². The molecule has 0 bridgehead atoms. The summed E-state index contributed by atoms with van der Waals surface area (Å²) in [6.45, 7) is 5.69. The molecule has 13 heavy (non-hydrogen) atoms. The van der Waals surface area contributed by atoms with Crippen LogP contribution >= 0.6 is 0 Å². The predicted molar refractivity (Wildman–Crippen MR) is 54.9 cm³/mol. The summed E-state index contributed by atoms with van der Waals surface area (Å²) >= 11 is 0. The molecule has 0 fully saturated rings. The van der Waals surface area contributed by atoms with Crippen LogP contribution in [0.1, 0.15) is 17.2 Å². The van der Waals surface area contributed by atoms with Gasteiger partial charge in [0.25, 0.3) is 0 Å². The number of aryl methyl sites for hydroxylation is 1. The first-order valence-corrected chi connectivity index (χ1v) is 4.22. The van der Waals surface area contributed by atoms with Crippen molar-refractivity contribution in [3.05, 3.63) is 42.0 Å². The number of methoxy groups -OCH3 is 1. The van der Waals surface area contributed by atoms with Gasteiger partial charge in [-0.15, -0.1) is 6.58 Å². The minimum absolute atomic E-state index is 0.156. The molecule has 1 aromatic rings. The van der Waals surface area contributed by atoms with Gasteiger partial charge in [-0.25, -0.2) is 0 Å². The number of ether oxygens (including phenoxy) is 1. The zero-order chi connectivity index (χ0) is 9.84. The molecule has 0 aliphatic rings. The first kappa shape index (κ1) is 9.81. The van der Waals surface area contributed by atoms with E-state index in [1.165, 1.54) is 0 Å². The Labute approximate surface area is 79.0 Å². The zero-order valence-electron chi connectivity index (χ0n) is 8.08. The van der Waals surface area contributed by atoms with Crippen molar-refractivity contribution in [3.8, 4) is 5.75 Å². The molecule has 0 amide bonds. The molecule has 0 aliphatic heterocycles. The van der Waals surface area contributed by atoms with E-state index in [2.05, 4.69) is 6.58 Å². The van der Waals surface area contributed by atoms with Crippen LogP contribution < -0.4 is 10.5 Å². The number of nitrogens with two attached hydrogens (primary N) is 1. The van der Waals surface area contributed by atoms with Gasteiger partial charge in [-0.1, -0.05) is 18.2 Å². The van der Waals surface area contributed by atoms with E-state index in [0.717, 1.165) is 16.9 Å². The van der Waals surface area contributed by atoms with Gasteiger partial charge in [-0.3, -0.25) is 0 Å². The Morgan fingerprint density at radius 1 is 1.54 bits per heavy atom. The lowest BCUT2D eigenvalue weighted by Crippen LogP contribution is -2.09. The van der Waals surface area contributed by atoms with Crippen LogP contribution in [-0.4, -0.2) is 7.11 Å². The Morgan fingerprint density at radius 2 is 2.23 bits per heavy atom. The SMILES string of the molecule is C=C[C@@H](N)c1c(C)cccc1OC. The van der Waals surface area contributed by atoms with E-state index >= 15 is 0 Å². The number of rotatable bonds is 3. The fourth-order valence-electron chi connectivity index (χ4n) is 1.38. The average Bonchev–Trinajstić information content (AvgIpc) is 2.16. The van der Waals surface area contributed by atoms with E-state index < -0.39 is 0 Å². The fourth-order valence-corrected chi connectivity index (χ4v) is 1.38. The van der Waals surface area contributed by atoms with Crippen LogP contribution in [0.4, 0.5) is 0 Å². The second kappa shape index (κ2) is 4.10. The summed E-state index contributed by atoms with van der Waals surface area (Å²) in [4.78, 5) is 0. The Kier molecular flexibility index (Phi) is 3.09. The van der Waals surface area contributed by atoms with Gasteiger partial charge in [0.05, 0.1) is 13.2 Å². The van der Waals surface area contributed by atoms with Gasteiger partial charge in [0.15, 0.2) is 0 Å². The molecule has 2 heteroatoms. The Balaban J connectivity index is 3.22. The van der Waals surface area contributed by atoms with Gasteiger partial charge < -0.3 is 10.5 Å². The molecule has 0 radical (unpaired) electrons. The lowest BCUT2D eigenvalue weighted by Gasteiger charge is -2.14. The highest BCUT2D eigenvalue weighted by Crippen LogP contribution is 2.27. The number of hydrogen-bond acceptors (Lipinski definition) is 2. The van der Waals surface area contributed by atoms with Crippen molar-refractivity contribution in [1.82, 2.24) is 0 Å². The third-order valence-corrected chi connectivity index (χ3v) is 2.09. The van der Waals surface area contributed by atoms with Crippen LogP contribution in [0.15, 0.2) is 30.9 Å². The molecule has 2 N–H and O–H groups in total. The molecule has 0 spiro atoms. The van der Waals surface area contributed by atoms with Crippen molar-refractivity contribution >= 4 is 0 Å². The van der Waals surface area contributed by atoms with Crippen LogP contribution in [0, 0.1) is 6.92 Å². The van der Waals surface area contributed by atoms with Crippen LogP contribution in [-0.2, 0) is 0 Å². The molecule has 0 heterocycles. The van der Waals surface area contributed by atoms with E-state index in [1.54, 1.807) is 13.2 Å². The molecule has 0 aromatic heterocycles. The van der Waals surface area contributed by atoms with Gasteiger partial charge in [-0.05, 0) is 18.6 Å². The Morgan fingerprint density at radius 3 is 2.77 bits per heavy atom. The van der Waals surface area contributed by atoms with Crippen molar-refractivity contribution in [3.63, 3.8) is 0 Å². The maximum Gasteiger partial charge on any atom is 0.124 e. The highest BCUT2D eigenvalue weighted by Gasteiger charge is 2.10. The topological polar surface area (TPSA) is 35.2 Å². The minimum Gasteiger partial charge on any atom is -0.496 e. The fraction of sp³-hybridized carbons (Fsp3) is 0.273. The van der Waals surface area contributed by atoms with E-state index in [-0.39, 0.29) is 6.04 Å². The molecule has 1 atom stereocenters. The van der Waals surface area contributed by atoms with Crippen LogP contribution in [0.2, 0.25) is 0 Å². The lowest BCUT2D eigenvalue weighted by molar-refractivity contribution is 0.407. The van der Waals surface area contributed by atoms with E-state index in [9.17, 15) is 0 Å². The van der Waals surface area contributed by atoms with Crippen LogP contribution in [0.25, 0.3) is 0 Å². The average molecular weight is 177 g/mol. The molecule has 1 aromatic carbocycles. The summed E-state index contributed by atoms with van der Waals surface area (Å²) < 4.78 is 5.22. The smallest absolute Gasteiger partial charge is 0.124 e. The zero-order valence-corrected chi connectivity index (χ0v) is 8.08. The highest BCUT2D eigenvalue weighted by molar-refractivity contribution is 5.43. The standard InChI is InChI=1S/C11H15NO/c1-4-9(12)11-8(2)6-5-7-10(11)13-3/h4-7,9H,1,12H2,2-3H3/t9-/m1/s1. The molecule has 1 rings (SSSR count). The molecule has 0 saturated carbocycles. The highest BCUT2D eigenvalue weighted by atomic mass is 16.5. The molecule has 0 unspecified atom stereocenters. The number of hydrogen-bond donors (Lipinski definition) is 1. The number of benzene rings is 1. The third kappa shape index (κ3) is 1.90. The first-order valence-electron chi connectivity index (χ1n) is 4.22. The summed E-state index contributed by atoms with van der Waals surface area (Å²) in [6, 6.07) is 5.72. The summed E-state index contributed by atoms with van der Waals surface area (Å²) in [5.74, 6) is 0.826. The predicted octanol–water partition coefficient (Wildman–Crippen LogP) is 2.19. The largest absolute Gasteiger partial charge is 0.496 e. The van der Waals surface area contributed by atoms with Crippen molar-refractivity contribution in [2.45, 2.75) is 13.0 Å². The second-order valence-electron chi connectivity index (χ2n) is 2.95. The maximum absolute atomic E-state index is 5.87. The third-order valence-electron chi connectivity index (χ3n) is 2.09.